The van der Waals surface area contributed by atoms with Crippen molar-refractivity contribution in [2.75, 3.05) is 5.32 Å². The van der Waals surface area contributed by atoms with E-state index in [2.05, 4.69) is 20.5 Å². The number of benzene rings is 1. The fourth-order valence-corrected chi connectivity index (χ4v) is 2.34. The topological polar surface area (TPSA) is 77.6 Å². The molecule has 3 aromatic rings. The van der Waals surface area contributed by atoms with Crippen molar-refractivity contribution in [3.8, 4) is 0 Å². The summed E-state index contributed by atoms with van der Waals surface area (Å²) in [7, 11) is 1.11. The molecule has 1 amide bonds. The fourth-order valence-electron chi connectivity index (χ4n) is 2.21. The monoisotopic (exact) mass is 384 g/mol. The summed E-state index contributed by atoms with van der Waals surface area (Å²) in [5, 5.41) is 10.5. The van der Waals surface area contributed by atoms with E-state index in [1.807, 2.05) is 12.1 Å². The average Bonchev–Trinajstić information content (AvgIpc) is 3.16. The number of aromatic nitrogens is 5. The van der Waals surface area contributed by atoms with Crippen molar-refractivity contribution in [3.05, 3.63) is 58.6 Å². The van der Waals surface area contributed by atoms with Gasteiger partial charge in [-0.3, -0.25) is 14.8 Å². The van der Waals surface area contributed by atoms with E-state index in [1.165, 1.54) is 11.0 Å². The molecular weight excluding hydrogens is 373 g/mol. The molecule has 7 nitrogen and oxygen atoms in total. The standard InChI is InChI=1S/C15H12ClF3N6O/c1-24-12(15(17,18)19)6-11(22-24)13(26)21-14-20-8-25(23-14)7-9-2-4-10(16)5-3-9/h2-6,8H,7H2,1H3,(H,21,23,26). The Kier molecular flexibility index (Phi) is 4.68. The molecule has 0 fully saturated rings. The number of amides is 1. The second-order valence-corrected chi connectivity index (χ2v) is 5.82. The molecular formula is C15H12ClF3N6O. The van der Waals surface area contributed by atoms with E-state index in [-0.39, 0.29) is 11.6 Å². The van der Waals surface area contributed by atoms with Gasteiger partial charge in [0.15, 0.2) is 5.69 Å². The van der Waals surface area contributed by atoms with Crippen molar-refractivity contribution in [1.82, 2.24) is 24.5 Å². The van der Waals surface area contributed by atoms with E-state index in [1.54, 1.807) is 12.1 Å². The quantitative estimate of drug-likeness (QED) is 0.750. The number of hydrogen-bond acceptors (Lipinski definition) is 4. The van der Waals surface area contributed by atoms with Crippen LogP contribution in [0.15, 0.2) is 36.7 Å². The second-order valence-electron chi connectivity index (χ2n) is 5.38. The molecule has 0 aliphatic carbocycles. The van der Waals surface area contributed by atoms with E-state index in [0.29, 0.717) is 22.3 Å². The number of nitrogens with one attached hydrogen (secondary N) is 1. The van der Waals surface area contributed by atoms with Crippen molar-refractivity contribution in [2.24, 2.45) is 7.05 Å². The Morgan fingerprint density at radius 1 is 1.23 bits per heavy atom. The van der Waals surface area contributed by atoms with Gasteiger partial charge in [0.2, 0.25) is 5.95 Å². The molecule has 3 rings (SSSR count). The number of aryl methyl sites for hydroxylation is 1. The van der Waals surface area contributed by atoms with Gasteiger partial charge >= 0.3 is 6.18 Å². The molecule has 0 aliphatic rings. The van der Waals surface area contributed by atoms with Crippen LogP contribution in [0.3, 0.4) is 0 Å². The molecule has 0 unspecified atom stereocenters. The summed E-state index contributed by atoms with van der Waals surface area (Å²) in [6.45, 7) is 0.391. The second kappa shape index (κ2) is 6.79. The molecule has 2 aromatic heterocycles. The van der Waals surface area contributed by atoms with Crippen molar-refractivity contribution in [1.29, 1.82) is 0 Å². The Morgan fingerprint density at radius 3 is 2.54 bits per heavy atom. The molecule has 2 heterocycles. The van der Waals surface area contributed by atoms with Gasteiger partial charge in [-0.2, -0.15) is 18.3 Å². The van der Waals surface area contributed by atoms with Gasteiger partial charge in [-0.1, -0.05) is 23.7 Å². The lowest BCUT2D eigenvalue weighted by Gasteiger charge is -2.04. The van der Waals surface area contributed by atoms with Crippen LogP contribution in [0, 0.1) is 0 Å². The third-order valence-electron chi connectivity index (χ3n) is 3.42. The zero-order valence-corrected chi connectivity index (χ0v) is 14.1. The number of nitrogens with zero attached hydrogens (tertiary/aromatic N) is 5. The molecule has 26 heavy (non-hydrogen) atoms. The van der Waals surface area contributed by atoms with E-state index >= 15 is 0 Å². The van der Waals surface area contributed by atoms with Crippen LogP contribution in [0.2, 0.25) is 5.02 Å². The number of carbonyl (C=O) groups excluding carboxylic acids is 1. The third kappa shape index (κ3) is 4.02. The molecule has 0 atom stereocenters. The zero-order valence-electron chi connectivity index (χ0n) is 13.3. The normalized spacial score (nSPS) is 11.6. The maximum Gasteiger partial charge on any atom is 0.433 e. The molecule has 0 radical (unpaired) electrons. The molecule has 1 N–H and O–H groups in total. The van der Waals surface area contributed by atoms with Crippen LogP contribution < -0.4 is 5.32 Å². The highest BCUT2D eigenvalue weighted by Gasteiger charge is 2.35. The van der Waals surface area contributed by atoms with Gasteiger partial charge in [0.05, 0.1) is 6.54 Å². The summed E-state index contributed by atoms with van der Waals surface area (Å²) >= 11 is 5.81. The maximum atomic E-state index is 12.8. The largest absolute Gasteiger partial charge is 0.433 e. The van der Waals surface area contributed by atoms with E-state index in [9.17, 15) is 18.0 Å². The lowest BCUT2D eigenvalue weighted by atomic mass is 10.2. The number of carbonyl (C=O) groups is 1. The van der Waals surface area contributed by atoms with E-state index < -0.39 is 17.8 Å². The summed E-state index contributed by atoms with van der Waals surface area (Å²) in [6.07, 6.45) is -3.21. The summed E-state index contributed by atoms with van der Waals surface area (Å²) < 4.78 is 40.3. The molecule has 0 saturated heterocycles. The molecule has 0 spiro atoms. The Labute approximate surface area is 150 Å². The van der Waals surface area contributed by atoms with Crippen LogP contribution in [0.1, 0.15) is 21.7 Å². The first-order valence-electron chi connectivity index (χ1n) is 7.29. The molecule has 136 valence electrons. The first kappa shape index (κ1) is 17.9. The van der Waals surface area contributed by atoms with E-state index in [4.69, 9.17) is 11.6 Å². The maximum absolute atomic E-state index is 12.8. The van der Waals surface area contributed by atoms with Crippen molar-refractivity contribution in [3.63, 3.8) is 0 Å². The van der Waals surface area contributed by atoms with Crippen LogP contribution in [0.4, 0.5) is 19.1 Å². The molecule has 0 saturated carbocycles. The van der Waals surface area contributed by atoms with Gasteiger partial charge in [0.25, 0.3) is 5.91 Å². The summed E-state index contributed by atoms with van der Waals surface area (Å²) in [5.41, 5.74) is -0.491. The van der Waals surface area contributed by atoms with Crippen molar-refractivity contribution < 1.29 is 18.0 Å². The smallest absolute Gasteiger partial charge is 0.288 e. The number of halogens is 4. The first-order valence-corrected chi connectivity index (χ1v) is 7.66. The van der Waals surface area contributed by atoms with Gasteiger partial charge in [-0.15, -0.1) is 5.10 Å². The summed E-state index contributed by atoms with van der Waals surface area (Å²) in [4.78, 5) is 16.0. The number of anilines is 1. The summed E-state index contributed by atoms with van der Waals surface area (Å²) in [6, 6.07) is 7.76. The lowest BCUT2D eigenvalue weighted by molar-refractivity contribution is -0.143. The predicted molar refractivity (Wildman–Crippen MR) is 86.7 cm³/mol. The van der Waals surface area contributed by atoms with Gasteiger partial charge in [0, 0.05) is 18.1 Å². The van der Waals surface area contributed by atoms with Crippen LogP contribution in [0.5, 0.6) is 0 Å². The highest BCUT2D eigenvalue weighted by atomic mass is 35.5. The summed E-state index contributed by atoms with van der Waals surface area (Å²) in [5.74, 6) is -0.872. The zero-order chi connectivity index (χ0) is 18.9. The Morgan fingerprint density at radius 2 is 1.92 bits per heavy atom. The first-order chi connectivity index (χ1) is 12.2. The van der Waals surface area contributed by atoms with Gasteiger partial charge < -0.3 is 0 Å². The minimum atomic E-state index is -4.60. The average molecular weight is 385 g/mol. The molecule has 11 heteroatoms. The van der Waals surface area contributed by atoms with E-state index in [0.717, 1.165) is 12.6 Å². The third-order valence-corrected chi connectivity index (χ3v) is 3.67. The minimum absolute atomic E-state index is 0.0387. The number of hydrogen-bond donors (Lipinski definition) is 1. The molecule has 1 aromatic carbocycles. The molecule has 0 aliphatic heterocycles. The van der Waals surface area contributed by atoms with Gasteiger partial charge in [-0.05, 0) is 17.7 Å². The van der Waals surface area contributed by atoms with Crippen LogP contribution >= 0.6 is 11.6 Å². The number of alkyl halides is 3. The number of rotatable bonds is 4. The Balaban J connectivity index is 1.69. The Hall–Kier alpha value is -2.88. The van der Waals surface area contributed by atoms with Crippen LogP contribution in [-0.4, -0.2) is 30.5 Å². The van der Waals surface area contributed by atoms with Gasteiger partial charge in [-0.25, -0.2) is 9.67 Å². The predicted octanol–water partition coefficient (Wildman–Crippen LogP) is 2.98. The molecule has 0 bridgehead atoms. The highest BCUT2D eigenvalue weighted by molar-refractivity contribution is 6.30. The SMILES string of the molecule is Cn1nc(C(=O)Nc2ncn(Cc3ccc(Cl)cc3)n2)cc1C(F)(F)F. The van der Waals surface area contributed by atoms with Crippen LogP contribution in [-0.2, 0) is 19.8 Å². The van der Waals surface area contributed by atoms with Crippen LogP contribution in [0.25, 0.3) is 0 Å². The highest BCUT2D eigenvalue weighted by Crippen LogP contribution is 2.29. The lowest BCUT2D eigenvalue weighted by Crippen LogP contribution is -2.14. The van der Waals surface area contributed by atoms with Gasteiger partial charge in [0.1, 0.15) is 12.0 Å². The van der Waals surface area contributed by atoms with Crippen molar-refractivity contribution >= 4 is 23.5 Å². The minimum Gasteiger partial charge on any atom is -0.288 e. The Bertz CT molecular complexity index is 932. The fraction of sp³-hybridized carbons (Fsp3) is 0.200. The van der Waals surface area contributed by atoms with Crippen molar-refractivity contribution in [2.45, 2.75) is 12.7 Å².